The van der Waals surface area contributed by atoms with Gasteiger partial charge in [-0.3, -0.25) is 0 Å². The summed E-state index contributed by atoms with van der Waals surface area (Å²) in [7, 11) is 2.90. The number of nitrogen functional groups attached to an aromatic ring is 1. The highest BCUT2D eigenvalue weighted by Crippen LogP contribution is 2.33. The van der Waals surface area contributed by atoms with Crippen molar-refractivity contribution < 1.29 is 13.9 Å². The first-order valence-corrected chi connectivity index (χ1v) is 5.15. The van der Waals surface area contributed by atoms with Gasteiger partial charge in [0.1, 0.15) is 23.6 Å². The van der Waals surface area contributed by atoms with E-state index in [0.29, 0.717) is 11.4 Å². The molecule has 0 radical (unpaired) electrons. The number of ether oxygens (including phenoxy) is 2. The smallest absolute Gasteiger partial charge is 0.187 e. The number of halogens is 1. The topological polar surface area (TPSA) is 70.3 Å². The molecule has 0 fully saturated rings. The van der Waals surface area contributed by atoms with Gasteiger partial charge in [-0.25, -0.2) is 14.4 Å². The molecular weight excluding hydrogens is 237 g/mol. The number of benzene rings is 1. The Morgan fingerprint density at radius 1 is 1.17 bits per heavy atom. The lowest BCUT2D eigenvalue weighted by atomic mass is 10.1. The fourth-order valence-electron chi connectivity index (χ4n) is 1.60. The molecule has 0 saturated heterocycles. The van der Waals surface area contributed by atoms with Crippen molar-refractivity contribution >= 4 is 5.82 Å². The Bertz CT molecular complexity index is 575. The molecule has 5 nitrogen and oxygen atoms in total. The van der Waals surface area contributed by atoms with Gasteiger partial charge in [0.2, 0.25) is 0 Å². The molecule has 2 N–H and O–H groups in total. The first-order chi connectivity index (χ1) is 8.67. The summed E-state index contributed by atoms with van der Waals surface area (Å²) in [6.45, 7) is 0. The highest BCUT2D eigenvalue weighted by molar-refractivity contribution is 5.72. The van der Waals surface area contributed by atoms with Crippen molar-refractivity contribution in [3.8, 4) is 22.8 Å². The minimum absolute atomic E-state index is 0.165. The average Bonchev–Trinajstić information content (AvgIpc) is 2.38. The van der Waals surface area contributed by atoms with Gasteiger partial charge in [-0.1, -0.05) is 0 Å². The predicted octanol–water partition coefficient (Wildman–Crippen LogP) is 1.88. The molecule has 2 aromatic rings. The number of rotatable bonds is 3. The van der Waals surface area contributed by atoms with Gasteiger partial charge in [-0.2, -0.15) is 0 Å². The van der Waals surface area contributed by atoms with Crippen LogP contribution in [0.15, 0.2) is 24.5 Å². The maximum atomic E-state index is 13.9. The molecule has 1 heterocycles. The Hall–Kier alpha value is -2.37. The van der Waals surface area contributed by atoms with Crippen LogP contribution < -0.4 is 15.2 Å². The molecule has 0 aliphatic heterocycles. The van der Waals surface area contributed by atoms with Crippen LogP contribution in [0.4, 0.5) is 10.2 Å². The maximum Gasteiger partial charge on any atom is 0.187 e. The second kappa shape index (κ2) is 4.87. The Morgan fingerprint density at radius 2 is 1.94 bits per heavy atom. The molecule has 1 aromatic carbocycles. The summed E-state index contributed by atoms with van der Waals surface area (Å²) in [6, 6.07) is 4.46. The predicted molar refractivity (Wildman–Crippen MR) is 64.9 cm³/mol. The molecule has 1 aromatic heterocycles. The van der Waals surface area contributed by atoms with Crippen LogP contribution in [0.3, 0.4) is 0 Å². The van der Waals surface area contributed by atoms with Crippen LogP contribution in [0, 0.1) is 5.82 Å². The zero-order valence-corrected chi connectivity index (χ0v) is 9.98. The van der Waals surface area contributed by atoms with Crippen molar-refractivity contribution in [3.05, 3.63) is 30.3 Å². The van der Waals surface area contributed by atoms with Gasteiger partial charge < -0.3 is 15.2 Å². The lowest BCUT2D eigenvalue weighted by molar-refractivity contribution is 0.410. The van der Waals surface area contributed by atoms with Crippen molar-refractivity contribution in [1.82, 2.24) is 9.97 Å². The molecule has 6 heteroatoms. The van der Waals surface area contributed by atoms with E-state index in [2.05, 4.69) is 9.97 Å². The van der Waals surface area contributed by atoms with E-state index in [4.69, 9.17) is 15.2 Å². The summed E-state index contributed by atoms with van der Waals surface area (Å²) < 4.78 is 24.0. The molecule has 0 aliphatic carbocycles. The third kappa shape index (κ3) is 2.04. The van der Waals surface area contributed by atoms with Crippen molar-refractivity contribution in [3.63, 3.8) is 0 Å². The third-order valence-electron chi connectivity index (χ3n) is 2.47. The van der Waals surface area contributed by atoms with E-state index in [9.17, 15) is 4.39 Å². The maximum absolute atomic E-state index is 13.9. The monoisotopic (exact) mass is 249 g/mol. The summed E-state index contributed by atoms with van der Waals surface area (Å²) in [4.78, 5) is 7.79. The quantitative estimate of drug-likeness (QED) is 0.899. The van der Waals surface area contributed by atoms with Gasteiger partial charge in [-0.15, -0.1) is 0 Å². The highest BCUT2D eigenvalue weighted by atomic mass is 19.1. The van der Waals surface area contributed by atoms with Crippen LogP contribution in [0.5, 0.6) is 11.5 Å². The standard InChI is InChI=1S/C12H12FN3O2/c1-17-7-3-4-8(9(13)5-7)10-11(18-2)12(14)16-6-15-10/h3-6H,1-2H3,(H2,14,15,16). The minimum atomic E-state index is -0.467. The van der Waals surface area contributed by atoms with E-state index in [1.165, 1.54) is 26.6 Å². The van der Waals surface area contributed by atoms with Crippen LogP contribution in [-0.2, 0) is 0 Å². The van der Waals surface area contributed by atoms with Gasteiger partial charge in [0, 0.05) is 11.6 Å². The number of nitrogens with zero attached hydrogens (tertiary/aromatic N) is 2. The SMILES string of the molecule is COc1ccc(-c2ncnc(N)c2OC)c(F)c1. The number of methoxy groups -OCH3 is 2. The van der Waals surface area contributed by atoms with E-state index in [0.717, 1.165) is 0 Å². The molecule has 0 unspecified atom stereocenters. The minimum Gasteiger partial charge on any atom is -0.497 e. The number of anilines is 1. The fraction of sp³-hybridized carbons (Fsp3) is 0.167. The van der Waals surface area contributed by atoms with E-state index >= 15 is 0 Å². The first-order valence-electron chi connectivity index (χ1n) is 5.15. The lowest BCUT2D eigenvalue weighted by Gasteiger charge is -2.10. The number of aromatic nitrogens is 2. The molecule has 0 spiro atoms. The average molecular weight is 249 g/mol. The number of hydrogen-bond acceptors (Lipinski definition) is 5. The van der Waals surface area contributed by atoms with Gasteiger partial charge in [0.15, 0.2) is 11.6 Å². The zero-order valence-electron chi connectivity index (χ0n) is 9.98. The van der Waals surface area contributed by atoms with E-state index in [1.807, 2.05) is 0 Å². The lowest BCUT2D eigenvalue weighted by Crippen LogP contribution is -2.01. The molecule has 0 amide bonds. The number of nitrogens with two attached hydrogens (primary N) is 1. The highest BCUT2D eigenvalue weighted by Gasteiger charge is 2.15. The zero-order chi connectivity index (χ0) is 13.1. The van der Waals surface area contributed by atoms with Crippen molar-refractivity contribution in [2.75, 3.05) is 20.0 Å². The molecule has 2 rings (SSSR count). The fourth-order valence-corrected chi connectivity index (χ4v) is 1.60. The molecule has 0 bridgehead atoms. The Morgan fingerprint density at radius 3 is 2.56 bits per heavy atom. The van der Waals surface area contributed by atoms with Crippen LogP contribution >= 0.6 is 0 Å². The Kier molecular flexibility index (Phi) is 3.27. The summed E-state index contributed by atoms with van der Waals surface area (Å²) in [5.41, 5.74) is 6.24. The summed E-state index contributed by atoms with van der Waals surface area (Å²) in [6.07, 6.45) is 1.26. The molecule has 0 aliphatic rings. The molecule has 94 valence electrons. The molecule has 0 saturated carbocycles. The Labute approximate surface area is 103 Å². The summed E-state index contributed by atoms with van der Waals surface area (Å²) in [5, 5.41) is 0. The van der Waals surface area contributed by atoms with Crippen molar-refractivity contribution in [2.45, 2.75) is 0 Å². The van der Waals surface area contributed by atoms with Gasteiger partial charge >= 0.3 is 0 Å². The van der Waals surface area contributed by atoms with Gasteiger partial charge in [-0.05, 0) is 12.1 Å². The van der Waals surface area contributed by atoms with Crippen molar-refractivity contribution in [1.29, 1.82) is 0 Å². The third-order valence-corrected chi connectivity index (χ3v) is 2.47. The van der Waals surface area contributed by atoms with E-state index < -0.39 is 5.82 Å². The molecule has 0 atom stereocenters. The normalized spacial score (nSPS) is 10.2. The van der Waals surface area contributed by atoms with Crippen molar-refractivity contribution in [2.24, 2.45) is 0 Å². The van der Waals surface area contributed by atoms with Gasteiger partial charge in [0.25, 0.3) is 0 Å². The Balaban J connectivity index is 2.58. The molecular formula is C12H12FN3O2. The second-order valence-electron chi connectivity index (χ2n) is 3.49. The number of hydrogen-bond donors (Lipinski definition) is 1. The van der Waals surface area contributed by atoms with Gasteiger partial charge in [0.05, 0.1) is 14.2 Å². The molecule has 18 heavy (non-hydrogen) atoms. The summed E-state index contributed by atoms with van der Waals surface area (Å²) >= 11 is 0. The second-order valence-corrected chi connectivity index (χ2v) is 3.49. The van der Waals surface area contributed by atoms with Crippen LogP contribution in [0.1, 0.15) is 0 Å². The largest absolute Gasteiger partial charge is 0.497 e. The summed E-state index contributed by atoms with van der Waals surface area (Å²) in [5.74, 6) is 0.377. The van der Waals surface area contributed by atoms with Crippen LogP contribution in [0.2, 0.25) is 0 Å². The van der Waals surface area contributed by atoms with Crippen LogP contribution in [-0.4, -0.2) is 24.2 Å². The van der Waals surface area contributed by atoms with Crippen LogP contribution in [0.25, 0.3) is 11.3 Å². The van der Waals surface area contributed by atoms with E-state index in [1.54, 1.807) is 12.1 Å². The first kappa shape index (κ1) is 12.1. The van der Waals surface area contributed by atoms with E-state index in [-0.39, 0.29) is 17.1 Å².